The van der Waals surface area contributed by atoms with Crippen molar-refractivity contribution in [2.45, 2.75) is 13.5 Å². The number of nitrogens with zero attached hydrogens (tertiary/aromatic N) is 1. The molecule has 1 N–H and O–H groups in total. The SMILES string of the molecule is Cc1oc(-c2cccc([N+](=O)[O-])c2)cc1C(=O)NCc1ccccc1. The first-order valence-corrected chi connectivity index (χ1v) is 7.72. The molecule has 1 amide bonds. The number of rotatable bonds is 5. The van der Waals surface area contributed by atoms with Crippen molar-refractivity contribution in [1.82, 2.24) is 5.32 Å². The normalized spacial score (nSPS) is 10.4. The molecule has 6 nitrogen and oxygen atoms in total. The maximum absolute atomic E-state index is 12.4. The van der Waals surface area contributed by atoms with Crippen LogP contribution in [0.1, 0.15) is 21.7 Å². The van der Waals surface area contributed by atoms with E-state index < -0.39 is 4.92 Å². The first-order valence-electron chi connectivity index (χ1n) is 7.72. The molecule has 0 aliphatic carbocycles. The summed E-state index contributed by atoms with van der Waals surface area (Å²) in [5.41, 5.74) is 1.94. The number of nitrogens with one attached hydrogen (secondary N) is 1. The lowest BCUT2D eigenvalue weighted by Crippen LogP contribution is -2.22. The number of amides is 1. The van der Waals surface area contributed by atoms with E-state index in [0.717, 1.165) is 5.56 Å². The molecule has 25 heavy (non-hydrogen) atoms. The molecule has 0 saturated carbocycles. The van der Waals surface area contributed by atoms with Gasteiger partial charge < -0.3 is 9.73 Å². The van der Waals surface area contributed by atoms with Gasteiger partial charge in [-0.05, 0) is 18.6 Å². The summed E-state index contributed by atoms with van der Waals surface area (Å²) in [5.74, 6) is 0.639. The van der Waals surface area contributed by atoms with Gasteiger partial charge in [-0.1, -0.05) is 42.5 Å². The molecule has 3 rings (SSSR count). The summed E-state index contributed by atoms with van der Waals surface area (Å²) in [6.45, 7) is 2.11. The van der Waals surface area contributed by atoms with Gasteiger partial charge in [0.05, 0.1) is 10.5 Å². The Bertz CT molecular complexity index is 916. The average Bonchev–Trinajstić information content (AvgIpc) is 3.02. The molecule has 0 aliphatic heterocycles. The van der Waals surface area contributed by atoms with Gasteiger partial charge in [-0.25, -0.2) is 0 Å². The molecule has 0 fully saturated rings. The van der Waals surface area contributed by atoms with Crippen LogP contribution in [0.3, 0.4) is 0 Å². The Kier molecular flexibility index (Phi) is 4.61. The molecule has 2 aromatic carbocycles. The standard InChI is InChI=1S/C19H16N2O4/c1-13-17(19(22)20-12-14-6-3-2-4-7-14)11-18(25-13)15-8-5-9-16(10-15)21(23)24/h2-11H,12H2,1H3,(H,20,22). The minimum absolute atomic E-state index is 0.0263. The highest BCUT2D eigenvalue weighted by Gasteiger charge is 2.17. The van der Waals surface area contributed by atoms with Crippen molar-refractivity contribution in [2.75, 3.05) is 0 Å². The Morgan fingerprint density at radius 1 is 1.12 bits per heavy atom. The third kappa shape index (κ3) is 3.74. The van der Waals surface area contributed by atoms with E-state index in [1.807, 2.05) is 30.3 Å². The van der Waals surface area contributed by atoms with Crippen LogP contribution in [0.4, 0.5) is 5.69 Å². The number of nitro benzene ring substituents is 1. The van der Waals surface area contributed by atoms with Crippen LogP contribution < -0.4 is 5.32 Å². The van der Waals surface area contributed by atoms with E-state index >= 15 is 0 Å². The molecule has 0 unspecified atom stereocenters. The fraction of sp³-hybridized carbons (Fsp3) is 0.105. The fourth-order valence-corrected chi connectivity index (χ4v) is 2.50. The van der Waals surface area contributed by atoms with E-state index in [1.54, 1.807) is 25.1 Å². The van der Waals surface area contributed by atoms with E-state index in [1.165, 1.54) is 12.1 Å². The summed E-state index contributed by atoms with van der Waals surface area (Å²) in [5, 5.41) is 13.7. The van der Waals surface area contributed by atoms with Crippen LogP contribution in [-0.4, -0.2) is 10.8 Å². The van der Waals surface area contributed by atoms with Crippen molar-refractivity contribution >= 4 is 11.6 Å². The molecule has 0 bridgehead atoms. The average molecular weight is 336 g/mol. The number of carbonyl (C=O) groups is 1. The van der Waals surface area contributed by atoms with Crippen molar-refractivity contribution in [2.24, 2.45) is 0 Å². The third-order valence-corrected chi connectivity index (χ3v) is 3.80. The topological polar surface area (TPSA) is 85.4 Å². The summed E-state index contributed by atoms with van der Waals surface area (Å²) in [6, 6.07) is 17.3. The van der Waals surface area contributed by atoms with Gasteiger partial charge in [0, 0.05) is 24.2 Å². The zero-order chi connectivity index (χ0) is 17.8. The first kappa shape index (κ1) is 16.4. The molecular formula is C19H16N2O4. The monoisotopic (exact) mass is 336 g/mol. The number of non-ortho nitro benzene ring substituents is 1. The summed E-state index contributed by atoms with van der Waals surface area (Å²) >= 11 is 0. The van der Waals surface area contributed by atoms with E-state index in [9.17, 15) is 14.9 Å². The van der Waals surface area contributed by atoms with Crippen molar-refractivity contribution in [3.8, 4) is 11.3 Å². The van der Waals surface area contributed by atoms with E-state index in [-0.39, 0.29) is 11.6 Å². The van der Waals surface area contributed by atoms with Crippen LogP contribution in [-0.2, 0) is 6.54 Å². The lowest BCUT2D eigenvalue weighted by molar-refractivity contribution is -0.384. The molecule has 1 heterocycles. The number of furan rings is 1. The summed E-state index contributed by atoms with van der Waals surface area (Å²) < 4.78 is 5.63. The number of hydrogen-bond donors (Lipinski definition) is 1. The minimum atomic E-state index is -0.465. The highest BCUT2D eigenvalue weighted by molar-refractivity contribution is 5.96. The summed E-state index contributed by atoms with van der Waals surface area (Å²) in [7, 11) is 0. The van der Waals surface area contributed by atoms with Crippen LogP contribution in [0.2, 0.25) is 0 Å². The van der Waals surface area contributed by atoms with Crippen LogP contribution >= 0.6 is 0 Å². The van der Waals surface area contributed by atoms with Crippen LogP contribution in [0.5, 0.6) is 0 Å². The second-order valence-corrected chi connectivity index (χ2v) is 5.56. The maximum atomic E-state index is 12.4. The molecule has 3 aromatic rings. The second kappa shape index (κ2) is 7.00. The van der Waals surface area contributed by atoms with Crippen molar-refractivity contribution < 1.29 is 14.1 Å². The Morgan fingerprint density at radius 2 is 1.88 bits per heavy atom. The smallest absolute Gasteiger partial charge is 0.270 e. The predicted molar refractivity (Wildman–Crippen MR) is 93.1 cm³/mol. The van der Waals surface area contributed by atoms with Gasteiger partial charge in [0.25, 0.3) is 11.6 Å². The lowest BCUT2D eigenvalue weighted by atomic mass is 10.1. The molecule has 6 heteroatoms. The molecule has 0 atom stereocenters. The first-order chi connectivity index (χ1) is 12.0. The molecule has 0 spiro atoms. The van der Waals surface area contributed by atoms with Gasteiger partial charge in [0.2, 0.25) is 0 Å². The Morgan fingerprint density at radius 3 is 2.60 bits per heavy atom. The number of aryl methyl sites for hydroxylation is 1. The highest BCUT2D eigenvalue weighted by atomic mass is 16.6. The van der Waals surface area contributed by atoms with Gasteiger partial charge in [-0.2, -0.15) is 0 Å². The highest BCUT2D eigenvalue weighted by Crippen LogP contribution is 2.28. The molecule has 0 radical (unpaired) electrons. The van der Waals surface area contributed by atoms with E-state index in [0.29, 0.717) is 29.2 Å². The van der Waals surface area contributed by atoms with Gasteiger partial charge in [-0.3, -0.25) is 14.9 Å². The fourth-order valence-electron chi connectivity index (χ4n) is 2.50. The van der Waals surface area contributed by atoms with Crippen molar-refractivity contribution in [3.63, 3.8) is 0 Å². The molecule has 126 valence electrons. The summed E-state index contributed by atoms with van der Waals surface area (Å²) in [4.78, 5) is 22.8. The van der Waals surface area contributed by atoms with Crippen molar-refractivity contribution in [1.29, 1.82) is 0 Å². The number of nitro groups is 1. The lowest BCUT2D eigenvalue weighted by Gasteiger charge is -2.03. The Balaban J connectivity index is 1.79. The molecule has 0 saturated heterocycles. The van der Waals surface area contributed by atoms with Gasteiger partial charge in [0.15, 0.2) is 0 Å². The van der Waals surface area contributed by atoms with Crippen LogP contribution in [0.25, 0.3) is 11.3 Å². The minimum Gasteiger partial charge on any atom is -0.461 e. The van der Waals surface area contributed by atoms with E-state index in [2.05, 4.69) is 5.32 Å². The zero-order valence-corrected chi connectivity index (χ0v) is 13.6. The Labute approximate surface area is 144 Å². The number of carbonyl (C=O) groups excluding carboxylic acids is 1. The molecular weight excluding hydrogens is 320 g/mol. The zero-order valence-electron chi connectivity index (χ0n) is 13.6. The van der Waals surface area contributed by atoms with Gasteiger partial charge >= 0.3 is 0 Å². The number of benzene rings is 2. The maximum Gasteiger partial charge on any atom is 0.270 e. The van der Waals surface area contributed by atoms with Crippen LogP contribution in [0, 0.1) is 17.0 Å². The van der Waals surface area contributed by atoms with Crippen molar-refractivity contribution in [3.05, 3.63) is 87.7 Å². The molecule has 0 aliphatic rings. The van der Waals surface area contributed by atoms with Gasteiger partial charge in [0.1, 0.15) is 11.5 Å². The number of hydrogen-bond acceptors (Lipinski definition) is 4. The Hall–Kier alpha value is -3.41. The van der Waals surface area contributed by atoms with E-state index in [4.69, 9.17) is 4.42 Å². The largest absolute Gasteiger partial charge is 0.461 e. The van der Waals surface area contributed by atoms with Crippen LogP contribution in [0.15, 0.2) is 65.1 Å². The second-order valence-electron chi connectivity index (χ2n) is 5.56. The molecule has 1 aromatic heterocycles. The summed E-state index contributed by atoms with van der Waals surface area (Å²) in [6.07, 6.45) is 0. The third-order valence-electron chi connectivity index (χ3n) is 3.80. The quantitative estimate of drug-likeness (QED) is 0.561. The van der Waals surface area contributed by atoms with Gasteiger partial charge in [-0.15, -0.1) is 0 Å². The predicted octanol–water partition coefficient (Wildman–Crippen LogP) is 4.09.